The Hall–Kier alpha value is -4.21. The molecule has 0 aliphatic carbocycles. The fourth-order valence-electron chi connectivity index (χ4n) is 3.77. The second-order valence-corrected chi connectivity index (χ2v) is 9.68. The average molecular weight is 487 g/mol. The summed E-state index contributed by atoms with van der Waals surface area (Å²) in [7, 11) is -2.01. The van der Waals surface area contributed by atoms with Crippen LogP contribution in [0.15, 0.2) is 99.4 Å². The molecular weight excluding hydrogens is 464 g/mol. The first kappa shape index (κ1) is 22.6. The number of anilines is 2. The molecule has 0 bridgehead atoms. The van der Waals surface area contributed by atoms with E-state index in [0.717, 1.165) is 10.9 Å². The van der Waals surface area contributed by atoms with Crippen LogP contribution in [-0.2, 0) is 16.4 Å². The summed E-state index contributed by atoms with van der Waals surface area (Å²) in [6.07, 6.45) is 1.46. The van der Waals surface area contributed by atoms with E-state index in [4.69, 9.17) is 14.9 Å². The lowest BCUT2D eigenvalue weighted by atomic mass is 10.1. The Bertz CT molecular complexity index is 1600. The minimum Gasteiger partial charge on any atom is -0.496 e. The molecule has 0 spiro atoms. The quantitative estimate of drug-likeness (QED) is 0.332. The number of nitrogens with two attached hydrogens (primary N) is 1. The van der Waals surface area contributed by atoms with Crippen molar-refractivity contribution in [3.8, 4) is 17.1 Å². The zero-order valence-corrected chi connectivity index (χ0v) is 19.6. The van der Waals surface area contributed by atoms with E-state index in [0.29, 0.717) is 40.8 Å². The monoisotopic (exact) mass is 486 g/mol. The van der Waals surface area contributed by atoms with Crippen LogP contribution in [0.4, 0.5) is 11.5 Å². The number of hydrogen-bond donors (Lipinski definition) is 2. The highest BCUT2D eigenvalue weighted by Gasteiger charge is 2.18. The molecule has 176 valence electrons. The largest absolute Gasteiger partial charge is 0.496 e. The molecule has 3 aromatic carbocycles. The minimum atomic E-state index is -3.59. The maximum Gasteiger partial charge on any atom is 0.206 e. The Morgan fingerprint density at radius 3 is 2.37 bits per heavy atom. The van der Waals surface area contributed by atoms with Gasteiger partial charge in [0.05, 0.1) is 34.5 Å². The molecule has 0 saturated carbocycles. The number of nitrogens with zero attached hydrogens (tertiary/aromatic N) is 2. The van der Waals surface area contributed by atoms with Crippen molar-refractivity contribution in [2.45, 2.75) is 16.3 Å². The molecule has 9 heteroatoms. The van der Waals surface area contributed by atoms with Crippen LogP contribution in [0.5, 0.6) is 5.75 Å². The maximum atomic E-state index is 12.9. The molecule has 0 unspecified atom stereocenters. The van der Waals surface area contributed by atoms with E-state index in [2.05, 4.69) is 15.3 Å². The summed E-state index contributed by atoms with van der Waals surface area (Å²) < 4.78 is 37.1. The van der Waals surface area contributed by atoms with E-state index in [1.807, 2.05) is 24.3 Å². The molecule has 3 N–H and O–H groups in total. The summed E-state index contributed by atoms with van der Waals surface area (Å²) >= 11 is 0. The predicted molar refractivity (Wildman–Crippen MR) is 133 cm³/mol. The van der Waals surface area contributed by atoms with E-state index in [9.17, 15) is 8.42 Å². The zero-order valence-electron chi connectivity index (χ0n) is 18.8. The van der Waals surface area contributed by atoms with Crippen LogP contribution in [0.25, 0.3) is 22.2 Å². The van der Waals surface area contributed by atoms with Gasteiger partial charge in [-0.05, 0) is 54.6 Å². The van der Waals surface area contributed by atoms with Crippen molar-refractivity contribution < 1.29 is 17.6 Å². The number of hydrogen-bond acceptors (Lipinski definition) is 8. The Kier molecular flexibility index (Phi) is 5.94. The van der Waals surface area contributed by atoms with Crippen LogP contribution in [0.3, 0.4) is 0 Å². The Labute approximate surface area is 202 Å². The summed E-state index contributed by atoms with van der Waals surface area (Å²) in [6.45, 7) is 0.293. The highest BCUT2D eigenvalue weighted by molar-refractivity contribution is 7.91. The van der Waals surface area contributed by atoms with Crippen LogP contribution < -0.4 is 15.8 Å². The van der Waals surface area contributed by atoms with E-state index in [-0.39, 0.29) is 9.79 Å². The standard InChI is InChI=1S/C26H22N4O4S/c1-33-25-14-23-21(13-22(25)24-12-9-18(15-27)34-24)26(29-16-28-23)30-17-7-10-20(11-8-17)35(31,32)19-5-3-2-4-6-19/h2-14,16H,15,27H2,1H3,(H,28,29,30). The second-order valence-electron chi connectivity index (χ2n) is 7.73. The normalized spacial score (nSPS) is 11.5. The number of benzene rings is 3. The highest BCUT2D eigenvalue weighted by atomic mass is 32.2. The van der Waals surface area contributed by atoms with E-state index >= 15 is 0 Å². The number of fused-ring (bicyclic) bond motifs is 1. The zero-order chi connectivity index (χ0) is 24.4. The minimum absolute atomic E-state index is 0.211. The lowest BCUT2D eigenvalue weighted by Crippen LogP contribution is -2.02. The van der Waals surface area contributed by atoms with E-state index in [1.54, 1.807) is 61.7 Å². The summed E-state index contributed by atoms with van der Waals surface area (Å²) in [6, 6.07) is 22.3. The fraction of sp³-hybridized carbons (Fsp3) is 0.0769. The SMILES string of the molecule is COc1cc2ncnc(Nc3ccc(S(=O)(=O)c4ccccc4)cc3)c2cc1-c1ccc(CN)o1. The summed E-state index contributed by atoms with van der Waals surface area (Å²) in [5, 5.41) is 4.01. The van der Waals surface area contributed by atoms with E-state index in [1.165, 1.54) is 6.33 Å². The molecule has 5 aromatic rings. The van der Waals surface area contributed by atoms with Gasteiger partial charge in [-0.25, -0.2) is 18.4 Å². The van der Waals surface area contributed by atoms with Gasteiger partial charge in [0.25, 0.3) is 0 Å². The van der Waals surface area contributed by atoms with Gasteiger partial charge in [0.15, 0.2) is 0 Å². The number of aromatic nitrogens is 2. The van der Waals surface area contributed by atoms with Crippen molar-refractivity contribution in [2.75, 3.05) is 12.4 Å². The Balaban J connectivity index is 1.50. The molecule has 0 radical (unpaired) electrons. The van der Waals surface area contributed by atoms with Crippen molar-refractivity contribution in [1.29, 1.82) is 0 Å². The molecule has 0 aliphatic heterocycles. The van der Waals surface area contributed by atoms with Gasteiger partial charge in [-0.3, -0.25) is 0 Å². The number of nitrogens with one attached hydrogen (secondary N) is 1. The van der Waals surface area contributed by atoms with Crippen molar-refractivity contribution in [2.24, 2.45) is 5.73 Å². The molecule has 0 amide bonds. The third kappa shape index (κ3) is 4.34. The molecule has 2 heterocycles. The lowest BCUT2D eigenvalue weighted by Gasteiger charge is -2.12. The molecule has 0 fully saturated rings. The van der Waals surface area contributed by atoms with Gasteiger partial charge in [-0.2, -0.15) is 0 Å². The number of rotatable bonds is 7. The summed E-state index contributed by atoms with van der Waals surface area (Å²) in [5.41, 5.74) is 7.78. The number of ether oxygens (including phenoxy) is 1. The maximum absolute atomic E-state index is 12.9. The Morgan fingerprint density at radius 2 is 1.69 bits per heavy atom. The average Bonchev–Trinajstić information content (AvgIpc) is 3.38. The molecule has 5 rings (SSSR count). The van der Waals surface area contributed by atoms with Gasteiger partial charge in [-0.15, -0.1) is 0 Å². The molecule has 0 atom stereocenters. The predicted octanol–water partition coefficient (Wildman–Crippen LogP) is 4.93. The van der Waals surface area contributed by atoms with Crippen LogP contribution in [0.2, 0.25) is 0 Å². The van der Waals surface area contributed by atoms with Gasteiger partial charge < -0.3 is 20.2 Å². The Morgan fingerprint density at radius 1 is 0.943 bits per heavy atom. The van der Waals surface area contributed by atoms with Crippen LogP contribution in [0, 0.1) is 0 Å². The van der Waals surface area contributed by atoms with Crippen molar-refractivity contribution >= 4 is 32.2 Å². The molecule has 2 aromatic heterocycles. The lowest BCUT2D eigenvalue weighted by molar-refractivity contribution is 0.414. The van der Waals surface area contributed by atoms with Crippen LogP contribution >= 0.6 is 0 Å². The molecule has 0 aliphatic rings. The molecular formula is C26H22N4O4S. The molecule has 35 heavy (non-hydrogen) atoms. The van der Waals surface area contributed by atoms with Gasteiger partial charge in [0, 0.05) is 17.1 Å². The highest BCUT2D eigenvalue weighted by Crippen LogP contribution is 2.37. The first-order valence-electron chi connectivity index (χ1n) is 10.8. The van der Waals surface area contributed by atoms with Crippen molar-refractivity contribution in [1.82, 2.24) is 9.97 Å². The topological polar surface area (TPSA) is 120 Å². The first-order chi connectivity index (χ1) is 17.0. The molecule has 0 saturated heterocycles. The molecule has 8 nitrogen and oxygen atoms in total. The summed E-state index contributed by atoms with van der Waals surface area (Å²) in [4.78, 5) is 9.23. The fourth-order valence-corrected chi connectivity index (χ4v) is 5.05. The van der Waals surface area contributed by atoms with Gasteiger partial charge in [-0.1, -0.05) is 18.2 Å². The second kappa shape index (κ2) is 9.21. The van der Waals surface area contributed by atoms with Crippen LogP contribution in [0.1, 0.15) is 5.76 Å². The summed E-state index contributed by atoms with van der Waals surface area (Å²) in [5.74, 6) is 2.45. The third-order valence-electron chi connectivity index (χ3n) is 5.57. The van der Waals surface area contributed by atoms with Crippen molar-refractivity contribution in [3.63, 3.8) is 0 Å². The third-order valence-corrected chi connectivity index (χ3v) is 7.35. The van der Waals surface area contributed by atoms with Gasteiger partial charge in [0.2, 0.25) is 9.84 Å². The van der Waals surface area contributed by atoms with Crippen LogP contribution in [-0.4, -0.2) is 25.5 Å². The van der Waals surface area contributed by atoms with Gasteiger partial charge >= 0.3 is 0 Å². The van der Waals surface area contributed by atoms with E-state index < -0.39 is 9.84 Å². The first-order valence-corrected chi connectivity index (χ1v) is 12.3. The van der Waals surface area contributed by atoms with Gasteiger partial charge in [0.1, 0.15) is 29.4 Å². The number of sulfone groups is 1. The number of methoxy groups -OCH3 is 1. The smallest absolute Gasteiger partial charge is 0.206 e. The number of furan rings is 1. The van der Waals surface area contributed by atoms with Crippen molar-refractivity contribution in [3.05, 3.63) is 91.0 Å².